The van der Waals surface area contributed by atoms with E-state index < -0.39 is 5.97 Å². The van der Waals surface area contributed by atoms with Gasteiger partial charge in [0.05, 0.1) is 11.9 Å². The Morgan fingerprint density at radius 1 is 0.923 bits per heavy atom. The van der Waals surface area contributed by atoms with Crippen molar-refractivity contribution in [1.29, 1.82) is 0 Å². The van der Waals surface area contributed by atoms with E-state index in [-0.39, 0.29) is 6.61 Å². The van der Waals surface area contributed by atoms with Crippen LogP contribution < -0.4 is 0 Å². The first kappa shape index (κ1) is 13.1. The van der Waals surface area contributed by atoms with Crippen LogP contribution in [0.1, 0.15) is 20.8 Å². The molecule has 0 radical (unpaired) electrons. The van der Waals surface area contributed by atoms with E-state index in [0.717, 1.165) is 0 Å². The molecule has 0 fully saturated rings. The molecule has 0 aromatic heterocycles. The Hall–Kier alpha value is 0.130. The molecule has 0 aromatic rings. The minimum atomic E-state index is -1.15. The SMILES string of the molecule is CCOC(COCl)(OCC)OCC. The molecule has 0 saturated carbocycles. The van der Waals surface area contributed by atoms with Crippen LogP contribution in [0.15, 0.2) is 0 Å². The monoisotopic (exact) mass is 212 g/mol. The van der Waals surface area contributed by atoms with E-state index in [0.29, 0.717) is 19.8 Å². The van der Waals surface area contributed by atoms with Crippen LogP contribution >= 0.6 is 11.9 Å². The fraction of sp³-hybridized carbons (Fsp3) is 1.00. The smallest absolute Gasteiger partial charge is 0.309 e. The minimum absolute atomic E-state index is 0.0457. The van der Waals surface area contributed by atoms with Crippen molar-refractivity contribution in [1.82, 2.24) is 0 Å². The summed E-state index contributed by atoms with van der Waals surface area (Å²) in [6.07, 6.45) is 0. The first-order valence-corrected chi connectivity index (χ1v) is 4.70. The van der Waals surface area contributed by atoms with Crippen LogP contribution in [-0.2, 0) is 18.5 Å². The van der Waals surface area contributed by atoms with Crippen LogP contribution in [0.3, 0.4) is 0 Å². The van der Waals surface area contributed by atoms with Gasteiger partial charge in [-0.1, -0.05) is 0 Å². The van der Waals surface area contributed by atoms with Gasteiger partial charge in [0.2, 0.25) is 0 Å². The zero-order valence-electron chi connectivity index (χ0n) is 8.34. The average molecular weight is 213 g/mol. The van der Waals surface area contributed by atoms with Gasteiger partial charge in [0, 0.05) is 19.8 Å². The highest BCUT2D eigenvalue weighted by Gasteiger charge is 2.33. The summed E-state index contributed by atoms with van der Waals surface area (Å²) < 4.78 is 20.4. The second-order valence-electron chi connectivity index (χ2n) is 2.24. The third kappa shape index (κ3) is 4.78. The molecule has 4 nitrogen and oxygen atoms in total. The second-order valence-corrected chi connectivity index (χ2v) is 2.45. The lowest BCUT2D eigenvalue weighted by Crippen LogP contribution is -2.43. The predicted octanol–water partition coefficient (Wildman–Crippen LogP) is 1.92. The van der Waals surface area contributed by atoms with Gasteiger partial charge in [-0.05, 0) is 20.8 Å². The Morgan fingerprint density at radius 2 is 1.31 bits per heavy atom. The van der Waals surface area contributed by atoms with Crippen LogP contribution in [0.25, 0.3) is 0 Å². The molecule has 0 atom stereocenters. The maximum absolute atomic E-state index is 5.30. The molecule has 0 rings (SSSR count). The minimum Gasteiger partial charge on any atom is -0.326 e. The Kier molecular flexibility index (Phi) is 7.60. The lowest BCUT2D eigenvalue weighted by Gasteiger charge is -2.30. The highest BCUT2D eigenvalue weighted by molar-refractivity contribution is 6.07. The molecule has 0 saturated heterocycles. The summed E-state index contributed by atoms with van der Waals surface area (Å²) in [5.41, 5.74) is 0. The fourth-order valence-corrected chi connectivity index (χ4v) is 1.11. The van der Waals surface area contributed by atoms with Crippen molar-refractivity contribution in [3.63, 3.8) is 0 Å². The molecule has 0 aliphatic heterocycles. The van der Waals surface area contributed by atoms with E-state index in [1.54, 1.807) is 0 Å². The lowest BCUT2D eigenvalue weighted by atomic mass is 10.5. The summed E-state index contributed by atoms with van der Waals surface area (Å²) in [4.78, 5) is 0. The summed E-state index contributed by atoms with van der Waals surface area (Å²) in [5, 5.41) is 0. The number of halogens is 1. The predicted molar refractivity (Wildman–Crippen MR) is 49.4 cm³/mol. The Balaban J connectivity index is 4.19. The normalized spacial score (nSPS) is 12.0. The van der Waals surface area contributed by atoms with Crippen LogP contribution in [0.4, 0.5) is 0 Å². The molecule has 0 aliphatic carbocycles. The molecule has 0 aliphatic rings. The van der Waals surface area contributed by atoms with Gasteiger partial charge in [0.25, 0.3) is 0 Å². The molecular formula is C8H17ClO4. The van der Waals surface area contributed by atoms with Crippen molar-refractivity contribution in [3.8, 4) is 0 Å². The van der Waals surface area contributed by atoms with Crippen LogP contribution in [0, 0.1) is 0 Å². The molecule has 13 heavy (non-hydrogen) atoms. The highest BCUT2D eigenvalue weighted by Crippen LogP contribution is 2.16. The highest BCUT2D eigenvalue weighted by atomic mass is 35.5. The van der Waals surface area contributed by atoms with Crippen molar-refractivity contribution >= 4 is 11.9 Å². The van der Waals surface area contributed by atoms with E-state index in [2.05, 4.69) is 4.29 Å². The van der Waals surface area contributed by atoms with Gasteiger partial charge in [-0.3, -0.25) is 4.29 Å². The zero-order valence-corrected chi connectivity index (χ0v) is 9.10. The van der Waals surface area contributed by atoms with E-state index >= 15 is 0 Å². The second kappa shape index (κ2) is 7.53. The third-order valence-electron chi connectivity index (χ3n) is 1.32. The molecule has 0 aromatic carbocycles. The van der Waals surface area contributed by atoms with Crippen LogP contribution in [-0.4, -0.2) is 32.4 Å². The molecule has 0 amide bonds. The Morgan fingerprint density at radius 3 is 1.54 bits per heavy atom. The van der Waals surface area contributed by atoms with E-state index in [1.807, 2.05) is 20.8 Å². The van der Waals surface area contributed by atoms with Gasteiger partial charge in [0.15, 0.2) is 0 Å². The van der Waals surface area contributed by atoms with Gasteiger partial charge in [-0.25, -0.2) is 0 Å². The summed E-state index contributed by atoms with van der Waals surface area (Å²) in [6, 6.07) is 0. The maximum atomic E-state index is 5.30. The number of hydrogen-bond acceptors (Lipinski definition) is 4. The van der Waals surface area contributed by atoms with Gasteiger partial charge in [-0.2, -0.15) is 0 Å². The fourth-order valence-electron chi connectivity index (χ4n) is 0.977. The number of rotatable bonds is 8. The summed E-state index contributed by atoms with van der Waals surface area (Å²) in [7, 11) is 0. The van der Waals surface area contributed by atoms with Crippen molar-refractivity contribution < 1.29 is 18.5 Å². The Labute approximate surface area is 84.2 Å². The first-order valence-electron chi connectivity index (χ1n) is 4.40. The topological polar surface area (TPSA) is 36.9 Å². The standard InChI is InChI=1S/C8H17ClO4/c1-4-10-8(7-13-9,11-5-2)12-6-3/h4-7H2,1-3H3. The molecule has 5 heteroatoms. The van der Waals surface area contributed by atoms with E-state index in [1.165, 1.54) is 0 Å². The molecule has 0 bridgehead atoms. The summed E-state index contributed by atoms with van der Waals surface area (Å²) >= 11 is 5.15. The van der Waals surface area contributed by atoms with Gasteiger partial charge in [0.1, 0.15) is 6.61 Å². The van der Waals surface area contributed by atoms with Crippen molar-refractivity contribution in [3.05, 3.63) is 0 Å². The summed E-state index contributed by atoms with van der Waals surface area (Å²) in [5.74, 6) is -1.15. The van der Waals surface area contributed by atoms with Gasteiger partial charge in [-0.15, -0.1) is 0 Å². The van der Waals surface area contributed by atoms with Crippen LogP contribution in [0.2, 0.25) is 0 Å². The number of hydrogen-bond donors (Lipinski definition) is 0. The zero-order chi connectivity index (χ0) is 10.2. The largest absolute Gasteiger partial charge is 0.326 e. The summed E-state index contributed by atoms with van der Waals surface area (Å²) in [6.45, 7) is 7.01. The molecule has 0 heterocycles. The van der Waals surface area contributed by atoms with Crippen molar-refractivity contribution in [2.24, 2.45) is 0 Å². The molecular weight excluding hydrogens is 196 g/mol. The molecule has 0 spiro atoms. The molecule has 0 N–H and O–H groups in total. The van der Waals surface area contributed by atoms with Crippen molar-refractivity contribution in [2.45, 2.75) is 26.7 Å². The van der Waals surface area contributed by atoms with Gasteiger partial charge < -0.3 is 14.2 Å². The Bertz CT molecular complexity index is 91.2. The van der Waals surface area contributed by atoms with E-state index in [4.69, 9.17) is 26.1 Å². The molecule has 80 valence electrons. The average Bonchev–Trinajstić information content (AvgIpc) is 2.06. The van der Waals surface area contributed by atoms with Crippen molar-refractivity contribution in [2.75, 3.05) is 26.4 Å². The quantitative estimate of drug-likeness (QED) is 0.576. The third-order valence-corrected chi connectivity index (χ3v) is 1.43. The first-order chi connectivity index (χ1) is 6.24. The maximum Gasteiger partial charge on any atom is 0.309 e. The van der Waals surface area contributed by atoms with Crippen LogP contribution in [0.5, 0.6) is 0 Å². The molecule has 0 unspecified atom stereocenters. The number of ether oxygens (including phenoxy) is 3. The lowest BCUT2D eigenvalue weighted by molar-refractivity contribution is -0.384. The van der Waals surface area contributed by atoms with E-state index in [9.17, 15) is 0 Å². The van der Waals surface area contributed by atoms with Gasteiger partial charge >= 0.3 is 5.97 Å².